The van der Waals surface area contributed by atoms with Crippen molar-refractivity contribution in [1.29, 1.82) is 0 Å². The minimum Gasteiger partial charge on any atom is -0.508 e. The van der Waals surface area contributed by atoms with Crippen molar-refractivity contribution in [3.8, 4) is 5.75 Å². The molecule has 1 rings (SSSR count). The minimum absolute atomic E-state index is 0.00333. The van der Waals surface area contributed by atoms with E-state index in [0.29, 0.717) is 12.0 Å². The number of phenolic OH excluding ortho intramolecular Hbond substituents is 1. The summed E-state index contributed by atoms with van der Waals surface area (Å²) in [4.78, 5) is 183. The molecule has 566 valence electrons. The molecule has 0 fully saturated rings. The van der Waals surface area contributed by atoms with Crippen LogP contribution in [0.25, 0.3) is 0 Å². The largest absolute Gasteiger partial charge is 0.508 e. The lowest BCUT2D eigenvalue weighted by Crippen LogP contribution is -2.60. The smallest absolute Gasteiger partial charge is 0.326 e. The molecular formula is C59H106N28O14. The van der Waals surface area contributed by atoms with E-state index >= 15 is 0 Å². The fourth-order valence-corrected chi connectivity index (χ4v) is 9.27. The van der Waals surface area contributed by atoms with E-state index in [0.717, 1.165) is 0 Å². The SMILES string of the molecule is C[C@H](NC(=O)[C@H](CCCCN)NC(=O)[C@H](CCCN=C(N)N)NC(=O)[C@H](C)NC(=O)[C@@H](N)Cc1ccc(O)cc1)C(=O)N[C@@H](CCCN=C(N)N)C(=O)N[C@@H](CCCN=C(N)N)C(=O)N[C@@H](CCC(N)=O)C(=O)N[C@@H](C)C(=O)N[C@@H](CCCN=C(N)N)C(=O)N[C@@H](CCCN=C(N)N)C(=O)O. The van der Waals surface area contributed by atoms with Gasteiger partial charge in [-0.05, 0) is 141 Å². The summed E-state index contributed by atoms with van der Waals surface area (Å²) < 4.78 is 0. The summed E-state index contributed by atoms with van der Waals surface area (Å²) in [5.74, 6) is -12.8. The number of aromatic hydroxyl groups is 1. The zero-order valence-corrected chi connectivity index (χ0v) is 57.3. The van der Waals surface area contributed by atoms with Crippen LogP contribution in [0.5, 0.6) is 5.75 Å². The molecule has 42 heteroatoms. The Morgan fingerprint density at radius 1 is 0.356 bits per heavy atom. The Labute approximate surface area is 584 Å². The molecule has 101 heavy (non-hydrogen) atoms. The Morgan fingerprint density at radius 2 is 0.614 bits per heavy atom. The predicted octanol–water partition coefficient (Wildman–Crippen LogP) is -10.1. The van der Waals surface area contributed by atoms with Gasteiger partial charge in [-0.3, -0.25) is 77.7 Å². The molecule has 42 nitrogen and oxygen atoms in total. The van der Waals surface area contributed by atoms with Crippen molar-refractivity contribution in [2.24, 2.45) is 99.5 Å². The number of hydrogen-bond acceptors (Lipinski definition) is 20. The van der Waals surface area contributed by atoms with Crippen LogP contribution in [0.3, 0.4) is 0 Å². The predicted molar refractivity (Wildman–Crippen MR) is 375 cm³/mol. The van der Waals surface area contributed by atoms with Crippen molar-refractivity contribution < 1.29 is 67.7 Å². The number of carbonyl (C=O) groups excluding carboxylic acids is 11. The zero-order valence-electron chi connectivity index (χ0n) is 57.3. The van der Waals surface area contributed by atoms with E-state index in [1.165, 1.54) is 32.9 Å². The van der Waals surface area contributed by atoms with E-state index in [4.69, 9.17) is 74.5 Å². The molecule has 0 spiro atoms. The molecule has 0 aliphatic rings. The summed E-state index contributed by atoms with van der Waals surface area (Å²) in [7, 11) is 0. The van der Waals surface area contributed by atoms with Crippen molar-refractivity contribution in [3.63, 3.8) is 0 Å². The first-order valence-corrected chi connectivity index (χ1v) is 32.6. The number of carbonyl (C=O) groups is 12. The summed E-state index contributed by atoms with van der Waals surface area (Å²) in [6.07, 6.45) is -0.610. The number of phenols is 1. The Hall–Kier alpha value is -11.1. The molecule has 0 heterocycles. The number of unbranched alkanes of at least 4 members (excludes halogenated alkanes) is 1. The Balaban J connectivity index is 3.59. The first-order chi connectivity index (χ1) is 47.5. The molecule has 0 aliphatic carbocycles. The summed E-state index contributed by atoms with van der Waals surface area (Å²) in [6, 6.07) is -9.64. The molecule has 0 saturated carbocycles. The second kappa shape index (κ2) is 47.8. The van der Waals surface area contributed by atoms with E-state index in [9.17, 15) is 67.7 Å². The molecular weight excluding hydrogens is 1320 g/mol. The molecule has 38 N–H and O–H groups in total. The number of guanidine groups is 5. The summed E-state index contributed by atoms with van der Waals surface area (Å²) in [5.41, 5.74) is 72.7. The number of nitrogens with one attached hydrogen (secondary N) is 10. The summed E-state index contributed by atoms with van der Waals surface area (Å²) in [5, 5.41) is 44.6. The average Bonchev–Trinajstić information content (AvgIpc) is 0.868. The Kier molecular flexibility index (Phi) is 41.6. The van der Waals surface area contributed by atoms with Crippen LogP contribution in [0.2, 0.25) is 0 Å². The lowest BCUT2D eigenvalue weighted by atomic mass is 10.0. The molecule has 0 bridgehead atoms. The molecule has 1 aromatic carbocycles. The highest BCUT2D eigenvalue weighted by Crippen LogP contribution is 2.13. The number of hydrogen-bond donors (Lipinski definition) is 25. The number of primary amides is 1. The van der Waals surface area contributed by atoms with E-state index in [1.54, 1.807) is 12.1 Å². The Bertz CT molecular complexity index is 3040. The van der Waals surface area contributed by atoms with Crippen LogP contribution < -0.4 is 128 Å². The number of nitrogens with two attached hydrogens (primary N) is 13. The van der Waals surface area contributed by atoms with Crippen LogP contribution in [-0.4, -0.2) is 217 Å². The second-order valence-corrected chi connectivity index (χ2v) is 23.5. The van der Waals surface area contributed by atoms with Gasteiger partial charge < -0.3 is 138 Å². The molecule has 0 radical (unpaired) electrons. The van der Waals surface area contributed by atoms with E-state index in [2.05, 4.69) is 78.1 Å². The number of aliphatic carboxylic acids is 1. The average molecular weight is 1430 g/mol. The van der Waals surface area contributed by atoms with Gasteiger partial charge in [-0.25, -0.2) is 4.79 Å². The van der Waals surface area contributed by atoms with Crippen molar-refractivity contribution in [2.45, 2.75) is 190 Å². The van der Waals surface area contributed by atoms with E-state index < -0.39 is 150 Å². The van der Waals surface area contributed by atoms with Crippen LogP contribution >= 0.6 is 0 Å². The lowest BCUT2D eigenvalue weighted by molar-refractivity contribution is -0.142. The lowest BCUT2D eigenvalue weighted by Gasteiger charge is -2.27. The number of benzene rings is 1. The number of carboxylic acids is 1. The third-order valence-corrected chi connectivity index (χ3v) is 14.8. The fraction of sp³-hybridized carbons (Fsp3) is 0.610. The highest BCUT2D eigenvalue weighted by Gasteiger charge is 2.35. The van der Waals surface area contributed by atoms with Gasteiger partial charge in [0.1, 0.15) is 66.2 Å². The van der Waals surface area contributed by atoms with Crippen molar-refractivity contribution in [2.75, 3.05) is 39.3 Å². The molecule has 11 atom stereocenters. The number of amides is 11. The normalized spacial score (nSPS) is 14.0. The fourth-order valence-electron chi connectivity index (χ4n) is 9.27. The van der Waals surface area contributed by atoms with Gasteiger partial charge in [-0.15, -0.1) is 0 Å². The molecule has 0 unspecified atom stereocenters. The van der Waals surface area contributed by atoms with Crippen LogP contribution in [0.15, 0.2) is 49.2 Å². The maximum atomic E-state index is 14.5. The highest BCUT2D eigenvalue weighted by atomic mass is 16.4. The zero-order chi connectivity index (χ0) is 76.3. The standard InChI is InChI=1S/C59H106N28O14/c1-30(78-47(93)35(61)29-33-17-19-34(88)20-18-33)44(90)81-37(12-6-24-73-55(63)64)50(96)84-36(11-4-5-23-60)48(94)79-31(2)45(91)82-38(13-7-25-74-56(65)66)51(97)85-40(15-9-27-76-58(69)70)52(98)86-41(21-22-43(62)89)49(95)80-32(3)46(92)83-39(14-8-26-75-57(67)68)53(99)87-42(54(100)101)16-10-28-77-59(71)72/h17-20,30-32,35-42,88H,4-16,21-29,60-61H2,1-3H3,(H2,62,89)(H,78,93)(H,79,94)(H,80,95)(H,81,90)(H,82,91)(H,83,92)(H,84,96)(H,85,97)(H,86,98)(H,87,99)(H,100,101)(H4,63,64,73)(H4,65,66,74)(H4,67,68,75)(H4,69,70,76)(H4,71,72,77)/t30-,31-,32-,35-,36-,37-,38-,39-,40-,41-,42-/m0/s1. The van der Waals surface area contributed by atoms with Gasteiger partial charge in [0.2, 0.25) is 65.0 Å². The quantitative estimate of drug-likeness (QED) is 0.0164. The third-order valence-electron chi connectivity index (χ3n) is 14.8. The topological polar surface area (TPSA) is 766 Å². The molecule has 11 amide bonds. The Morgan fingerprint density at radius 3 is 0.901 bits per heavy atom. The summed E-state index contributed by atoms with van der Waals surface area (Å²) >= 11 is 0. The number of carboxylic acid groups (broad SMARTS) is 1. The minimum atomic E-state index is -1.65. The van der Waals surface area contributed by atoms with Crippen LogP contribution in [0.4, 0.5) is 0 Å². The van der Waals surface area contributed by atoms with Gasteiger partial charge in [0.05, 0.1) is 6.04 Å². The molecule has 0 aromatic heterocycles. The van der Waals surface area contributed by atoms with Crippen molar-refractivity contribution in [3.05, 3.63) is 29.8 Å². The number of rotatable bonds is 50. The first kappa shape index (κ1) is 87.9. The van der Waals surface area contributed by atoms with Crippen LogP contribution in [0.1, 0.15) is 123 Å². The highest BCUT2D eigenvalue weighted by molar-refractivity contribution is 5.99. The first-order valence-electron chi connectivity index (χ1n) is 32.6. The molecule has 0 saturated heterocycles. The van der Waals surface area contributed by atoms with Crippen LogP contribution in [-0.2, 0) is 64.0 Å². The van der Waals surface area contributed by atoms with E-state index in [-0.39, 0.29) is 158 Å². The van der Waals surface area contributed by atoms with Gasteiger partial charge in [0.25, 0.3) is 0 Å². The van der Waals surface area contributed by atoms with Gasteiger partial charge in [-0.1, -0.05) is 12.1 Å². The monoisotopic (exact) mass is 1430 g/mol. The molecule has 0 aliphatic heterocycles. The van der Waals surface area contributed by atoms with Gasteiger partial charge in [0, 0.05) is 39.1 Å². The van der Waals surface area contributed by atoms with E-state index in [1.807, 2.05) is 0 Å². The number of aliphatic imine (C=N–C) groups is 5. The van der Waals surface area contributed by atoms with Crippen molar-refractivity contribution >= 4 is 101 Å². The van der Waals surface area contributed by atoms with Crippen molar-refractivity contribution in [1.82, 2.24) is 53.2 Å². The second-order valence-electron chi connectivity index (χ2n) is 23.5. The van der Waals surface area contributed by atoms with Crippen LogP contribution in [0, 0.1) is 0 Å². The third kappa shape index (κ3) is 38.6. The maximum absolute atomic E-state index is 14.5. The number of nitrogens with zero attached hydrogens (tertiary/aromatic N) is 5. The van der Waals surface area contributed by atoms with Gasteiger partial charge in [0.15, 0.2) is 29.8 Å². The molecule has 1 aromatic rings. The summed E-state index contributed by atoms with van der Waals surface area (Å²) in [6.45, 7) is 3.98. The van der Waals surface area contributed by atoms with Gasteiger partial charge >= 0.3 is 5.97 Å². The van der Waals surface area contributed by atoms with Gasteiger partial charge in [-0.2, -0.15) is 0 Å². The maximum Gasteiger partial charge on any atom is 0.326 e.